The molecule has 0 spiro atoms. The molecule has 0 fully saturated rings. The van der Waals surface area contributed by atoms with Gasteiger partial charge in [0, 0.05) is 11.7 Å². The van der Waals surface area contributed by atoms with E-state index in [1.807, 2.05) is 127 Å². The Kier molecular flexibility index (Phi) is 13.7. The molecule has 0 radical (unpaired) electrons. The number of carbonyl (C=O) groups is 4. The number of hydrogen-bond donors (Lipinski definition) is 4. The first-order valence-corrected chi connectivity index (χ1v) is 20.3. The van der Waals surface area contributed by atoms with Gasteiger partial charge in [0.05, 0.1) is 18.0 Å². The molecule has 1 aliphatic rings. The Morgan fingerprint density at radius 3 is 1.55 bits per heavy atom. The topological polar surface area (TPSA) is 143 Å². The molecule has 0 bridgehead atoms. The fourth-order valence-electron chi connectivity index (χ4n) is 7.48. The summed E-state index contributed by atoms with van der Waals surface area (Å²) in [5, 5.41) is 18.7. The van der Waals surface area contributed by atoms with Crippen molar-refractivity contribution in [2.24, 2.45) is 5.92 Å². The van der Waals surface area contributed by atoms with Crippen molar-refractivity contribution in [2.75, 3.05) is 19.5 Å². The van der Waals surface area contributed by atoms with Crippen molar-refractivity contribution >= 4 is 35.6 Å². The fraction of sp³-hybridized carbons (Fsp3) is 0.277. The Morgan fingerprint density at radius 2 is 1.10 bits per heavy atom. The third kappa shape index (κ3) is 9.11. The van der Waals surface area contributed by atoms with Gasteiger partial charge in [-0.2, -0.15) is 0 Å². The van der Waals surface area contributed by atoms with Gasteiger partial charge in [-0.25, -0.2) is 9.59 Å². The summed E-state index contributed by atoms with van der Waals surface area (Å²) in [5.41, 5.74) is 7.12. The molecule has 0 aliphatic heterocycles. The van der Waals surface area contributed by atoms with Crippen LogP contribution in [0.3, 0.4) is 0 Å². The number of methoxy groups -OCH3 is 1. The minimum absolute atomic E-state index is 0.0136. The highest BCUT2D eigenvalue weighted by molar-refractivity contribution is 8.00. The molecule has 11 heteroatoms. The molecule has 4 N–H and O–H groups in total. The van der Waals surface area contributed by atoms with Crippen molar-refractivity contribution in [2.45, 2.75) is 55.7 Å². The van der Waals surface area contributed by atoms with Gasteiger partial charge in [0.2, 0.25) is 11.8 Å². The Bertz CT molecular complexity index is 2040. The lowest BCUT2D eigenvalue weighted by Crippen LogP contribution is -2.59. The zero-order chi connectivity index (χ0) is 41.2. The van der Waals surface area contributed by atoms with E-state index in [2.05, 4.69) is 28.1 Å². The first kappa shape index (κ1) is 41.7. The van der Waals surface area contributed by atoms with E-state index < -0.39 is 58.8 Å². The average Bonchev–Trinajstić information content (AvgIpc) is 3.57. The number of thioether (sulfide) groups is 1. The number of amides is 3. The van der Waals surface area contributed by atoms with Crippen molar-refractivity contribution in [3.8, 4) is 11.1 Å². The number of esters is 1. The van der Waals surface area contributed by atoms with Crippen molar-refractivity contribution in [1.29, 1.82) is 0 Å². The maximum absolute atomic E-state index is 14.3. The van der Waals surface area contributed by atoms with E-state index in [-0.39, 0.29) is 18.3 Å². The summed E-state index contributed by atoms with van der Waals surface area (Å²) in [7, 11) is 1.16. The van der Waals surface area contributed by atoms with Crippen LogP contribution in [0.4, 0.5) is 4.79 Å². The number of nitrogens with one attached hydrogen (secondary N) is 3. The van der Waals surface area contributed by atoms with Crippen LogP contribution in [0.1, 0.15) is 54.5 Å². The number of fused-ring (bicyclic) bond motifs is 3. The molecule has 0 heterocycles. The lowest BCUT2D eigenvalue weighted by molar-refractivity contribution is -0.148. The normalized spacial score (nSPS) is 14.2. The van der Waals surface area contributed by atoms with E-state index >= 15 is 0 Å². The second kappa shape index (κ2) is 19.0. The van der Waals surface area contributed by atoms with E-state index in [0.29, 0.717) is 0 Å². The second-order valence-electron chi connectivity index (χ2n) is 14.6. The van der Waals surface area contributed by atoms with Gasteiger partial charge >= 0.3 is 12.1 Å². The molecule has 5 aromatic rings. The highest BCUT2D eigenvalue weighted by Crippen LogP contribution is 2.49. The lowest BCUT2D eigenvalue weighted by atomic mass is 9.84. The van der Waals surface area contributed by atoms with Crippen LogP contribution in [0, 0.1) is 5.92 Å². The highest BCUT2D eigenvalue weighted by atomic mass is 32.2. The SMILES string of the molecule is COC(=O)[C@@H](NC(=O)[C@@H](CSC(c1ccccc1)(c1ccccc1)c1ccccc1)NC(=O)[C@H](NC(=O)OCC1c2ccccc2-c2ccccc21)C(C)C)[C@@H](C)O. The maximum atomic E-state index is 14.3. The summed E-state index contributed by atoms with van der Waals surface area (Å²) in [6.45, 7) is 4.98. The van der Waals surface area contributed by atoms with Gasteiger partial charge < -0.3 is 30.5 Å². The van der Waals surface area contributed by atoms with Crippen LogP contribution in [0.5, 0.6) is 0 Å². The molecule has 1 aliphatic carbocycles. The highest BCUT2D eigenvalue weighted by Gasteiger charge is 2.40. The molecule has 0 saturated heterocycles. The van der Waals surface area contributed by atoms with Crippen molar-refractivity contribution < 1.29 is 33.8 Å². The third-order valence-corrected chi connectivity index (χ3v) is 12.1. The largest absolute Gasteiger partial charge is 0.467 e. The van der Waals surface area contributed by atoms with Gasteiger partial charge in [-0.3, -0.25) is 9.59 Å². The number of ether oxygens (including phenoxy) is 2. The Balaban J connectivity index is 1.27. The molecular weight excluding hydrogens is 751 g/mol. The van der Waals surface area contributed by atoms with E-state index in [9.17, 15) is 24.3 Å². The average molecular weight is 800 g/mol. The predicted molar refractivity (Wildman–Crippen MR) is 226 cm³/mol. The van der Waals surface area contributed by atoms with E-state index in [0.717, 1.165) is 46.1 Å². The summed E-state index contributed by atoms with van der Waals surface area (Å²) in [4.78, 5) is 54.6. The number of aliphatic hydroxyl groups excluding tert-OH is 1. The van der Waals surface area contributed by atoms with Gasteiger partial charge in [-0.15, -0.1) is 11.8 Å². The smallest absolute Gasteiger partial charge is 0.407 e. The summed E-state index contributed by atoms with van der Waals surface area (Å²) in [6, 6.07) is 42.0. The Hall–Kier alpha value is -5.91. The molecule has 300 valence electrons. The number of hydrogen-bond acceptors (Lipinski definition) is 8. The first-order chi connectivity index (χ1) is 28.0. The molecule has 58 heavy (non-hydrogen) atoms. The standard InChI is InChI=1S/C47H49N3O7S/c1-30(2)41(50-46(55)57-28-39-37-26-16-14-24-35(37)36-25-15-17-27-38(36)39)44(53)48-40(43(52)49-42(31(3)51)45(54)56-4)29-58-47(32-18-8-5-9-19-32,33-20-10-6-11-21-33)34-22-12-7-13-23-34/h5-27,30-31,39-42,51H,28-29H2,1-4H3,(H,48,53)(H,49,52)(H,50,55)/t31-,40-,41-,42+/m1/s1. The fourth-order valence-corrected chi connectivity index (χ4v) is 9.04. The zero-order valence-electron chi connectivity index (χ0n) is 33.0. The molecular formula is C47H49N3O7S. The van der Waals surface area contributed by atoms with Crippen LogP contribution < -0.4 is 16.0 Å². The van der Waals surface area contributed by atoms with Crippen LogP contribution in [0.15, 0.2) is 140 Å². The predicted octanol–water partition coefficient (Wildman–Crippen LogP) is 6.80. The van der Waals surface area contributed by atoms with Crippen LogP contribution in [0.2, 0.25) is 0 Å². The summed E-state index contributed by atoms with van der Waals surface area (Å²) < 4.78 is 9.80. The van der Waals surface area contributed by atoms with E-state index in [1.54, 1.807) is 13.8 Å². The summed E-state index contributed by atoms with van der Waals surface area (Å²) >= 11 is 1.44. The molecule has 0 unspecified atom stereocenters. The van der Waals surface area contributed by atoms with Gasteiger partial charge in [-0.1, -0.05) is 153 Å². The molecule has 6 rings (SSSR count). The van der Waals surface area contributed by atoms with Gasteiger partial charge in [-0.05, 0) is 51.8 Å². The second-order valence-corrected chi connectivity index (χ2v) is 15.8. The Labute approximate surface area is 343 Å². The Morgan fingerprint density at radius 1 is 0.638 bits per heavy atom. The summed E-state index contributed by atoms with van der Waals surface area (Å²) in [5.74, 6) is -2.76. The number of benzene rings is 5. The molecule has 3 amide bonds. The van der Waals surface area contributed by atoms with Gasteiger partial charge in [0.25, 0.3) is 0 Å². The minimum atomic E-state index is -1.40. The van der Waals surface area contributed by atoms with Crippen molar-refractivity contribution in [3.05, 3.63) is 167 Å². The number of carbonyl (C=O) groups excluding carboxylic acids is 4. The number of alkyl carbamates (subject to hydrolysis) is 1. The van der Waals surface area contributed by atoms with Crippen molar-refractivity contribution in [3.63, 3.8) is 0 Å². The number of aliphatic hydroxyl groups is 1. The zero-order valence-corrected chi connectivity index (χ0v) is 33.8. The van der Waals surface area contributed by atoms with Crippen molar-refractivity contribution in [1.82, 2.24) is 16.0 Å². The molecule has 0 saturated carbocycles. The number of rotatable bonds is 16. The van der Waals surface area contributed by atoms with Crippen LogP contribution in [0.25, 0.3) is 11.1 Å². The van der Waals surface area contributed by atoms with Crippen LogP contribution in [-0.4, -0.2) is 72.7 Å². The molecule has 5 aromatic carbocycles. The van der Waals surface area contributed by atoms with Gasteiger partial charge in [0.1, 0.15) is 18.7 Å². The molecule has 10 nitrogen and oxygen atoms in total. The minimum Gasteiger partial charge on any atom is -0.467 e. The lowest BCUT2D eigenvalue weighted by Gasteiger charge is -2.37. The van der Waals surface area contributed by atoms with E-state index in [1.165, 1.54) is 18.7 Å². The van der Waals surface area contributed by atoms with E-state index in [4.69, 9.17) is 9.47 Å². The quantitative estimate of drug-likeness (QED) is 0.0631. The first-order valence-electron chi connectivity index (χ1n) is 19.3. The maximum Gasteiger partial charge on any atom is 0.407 e. The molecule has 4 atom stereocenters. The summed E-state index contributed by atoms with van der Waals surface area (Å²) in [6.07, 6.45) is -2.07. The molecule has 0 aromatic heterocycles. The van der Waals surface area contributed by atoms with Gasteiger partial charge in [0.15, 0.2) is 6.04 Å². The third-order valence-electron chi connectivity index (χ3n) is 10.4. The monoisotopic (exact) mass is 799 g/mol. The van der Waals surface area contributed by atoms with Crippen LogP contribution >= 0.6 is 11.8 Å². The van der Waals surface area contributed by atoms with Crippen LogP contribution in [-0.2, 0) is 28.6 Å².